The number of rotatable bonds is 3. The lowest BCUT2D eigenvalue weighted by atomic mass is 10.00. The number of ether oxygens (including phenoxy) is 1. The van der Waals surface area contributed by atoms with Gasteiger partial charge < -0.3 is 4.74 Å². The molecular weight excluding hydrogens is 293 g/mol. The van der Waals surface area contributed by atoms with Gasteiger partial charge in [-0.2, -0.15) is 0 Å². The van der Waals surface area contributed by atoms with Crippen molar-refractivity contribution in [1.29, 1.82) is 0 Å². The highest BCUT2D eigenvalue weighted by Crippen LogP contribution is 2.41. The molecule has 4 nitrogen and oxygen atoms in total. The van der Waals surface area contributed by atoms with Crippen LogP contribution in [0.1, 0.15) is 5.56 Å². The molecule has 0 saturated carbocycles. The van der Waals surface area contributed by atoms with Gasteiger partial charge in [-0.25, -0.2) is 4.39 Å². The molecule has 1 heterocycles. The van der Waals surface area contributed by atoms with Crippen LogP contribution in [0.2, 0.25) is 5.02 Å². The molecule has 0 bridgehead atoms. The molecule has 3 rings (SSSR count). The smallest absolute Gasteiger partial charge is 0.131 e. The van der Waals surface area contributed by atoms with Gasteiger partial charge in [0.1, 0.15) is 17.7 Å². The van der Waals surface area contributed by atoms with E-state index in [0.717, 1.165) is 11.1 Å². The molecule has 1 aliphatic rings. The summed E-state index contributed by atoms with van der Waals surface area (Å²) in [4.78, 5) is 2.72. The average molecular weight is 304 g/mol. The molecule has 0 spiro atoms. The van der Waals surface area contributed by atoms with Crippen LogP contribution in [0.5, 0.6) is 5.75 Å². The largest absolute Gasteiger partial charge is 0.489 e. The number of hydrogen-bond donors (Lipinski definition) is 0. The fourth-order valence-electron chi connectivity index (χ4n) is 2.50. The highest BCUT2D eigenvalue weighted by Gasteiger charge is 2.27. The summed E-state index contributed by atoms with van der Waals surface area (Å²) >= 11 is 6.19. The molecule has 0 amide bonds. The first kappa shape index (κ1) is 13.7. The van der Waals surface area contributed by atoms with Crippen molar-refractivity contribution in [3.63, 3.8) is 0 Å². The second-order valence-corrected chi connectivity index (χ2v) is 5.19. The molecular formula is C15H11ClFN3O. The summed E-state index contributed by atoms with van der Waals surface area (Å²) in [5, 5.41) is 4.05. The maximum Gasteiger partial charge on any atom is 0.131 e. The van der Waals surface area contributed by atoms with Crippen LogP contribution in [0, 0.1) is 5.82 Å². The third-order valence-corrected chi connectivity index (χ3v) is 3.70. The fraction of sp³-hybridized carbons (Fsp3) is 0.200. The van der Waals surface area contributed by atoms with Crippen molar-refractivity contribution in [2.45, 2.75) is 12.5 Å². The standard InChI is InChI=1S/C15H11ClFN3O/c16-14-4-2-1-3-12(14)13-7-10(17)5-9-6-11(8-19-20-18)21-15(9)13/h1-5,7,11H,6,8H2. The van der Waals surface area contributed by atoms with E-state index in [0.29, 0.717) is 22.8 Å². The van der Waals surface area contributed by atoms with Gasteiger partial charge in [0.2, 0.25) is 0 Å². The summed E-state index contributed by atoms with van der Waals surface area (Å²) in [6.07, 6.45) is 0.253. The number of hydrogen-bond acceptors (Lipinski definition) is 2. The number of halogens is 2. The van der Waals surface area contributed by atoms with E-state index < -0.39 is 0 Å². The van der Waals surface area contributed by atoms with Crippen molar-refractivity contribution in [2.75, 3.05) is 6.54 Å². The maximum atomic E-state index is 13.8. The predicted molar refractivity (Wildman–Crippen MR) is 79.0 cm³/mol. The Morgan fingerprint density at radius 1 is 1.33 bits per heavy atom. The molecule has 0 fully saturated rings. The minimum absolute atomic E-state index is 0.217. The van der Waals surface area contributed by atoms with Gasteiger partial charge in [0, 0.05) is 33.0 Å². The predicted octanol–water partition coefficient (Wildman–Crippen LogP) is 4.76. The third-order valence-electron chi connectivity index (χ3n) is 3.38. The Labute approximate surface area is 125 Å². The van der Waals surface area contributed by atoms with Gasteiger partial charge >= 0.3 is 0 Å². The van der Waals surface area contributed by atoms with Crippen LogP contribution in [-0.2, 0) is 6.42 Å². The number of azide groups is 1. The lowest BCUT2D eigenvalue weighted by Gasteiger charge is -2.12. The normalized spacial score (nSPS) is 16.0. The van der Waals surface area contributed by atoms with E-state index >= 15 is 0 Å². The molecule has 0 saturated heterocycles. The van der Waals surface area contributed by atoms with Crippen LogP contribution in [0.25, 0.3) is 21.6 Å². The molecule has 106 valence electrons. The first-order valence-corrected chi connectivity index (χ1v) is 6.81. The molecule has 6 heteroatoms. The number of fused-ring (bicyclic) bond motifs is 1. The molecule has 21 heavy (non-hydrogen) atoms. The van der Waals surface area contributed by atoms with Gasteiger partial charge in [0.25, 0.3) is 0 Å². The zero-order valence-corrected chi connectivity index (χ0v) is 11.7. The monoisotopic (exact) mass is 303 g/mol. The maximum absolute atomic E-state index is 13.8. The molecule has 0 aliphatic carbocycles. The molecule has 1 aliphatic heterocycles. The van der Waals surface area contributed by atoms with E-state index in [4.69, 9.17) is 21.9 Å². The molecule has 2 aromatic rings. The zero-order valence-electron chi connectivity index (χ0n) is 11.0. The van der Waals surface area contributed by atoms with Crippen LogP contribution in [0.3, 0.4) is 0 Å². The highest BCUT2D eigenvalue weighted by molar-refractivity contribution is 6.33. The Morgan fingerprint density at radius 3 is 2.90 bits per heavy atom. The van der Waals surface area contributed by atoms with Gasteiger partial charge in [-0.05, 0) is 23.7 Å². The van der Waals surface area contributed by atoms with Crippen molar-refractivity contribution in [2.24, 2.45) is 5.11 Å². The van der Waals surface area contributed by atoms with Crippen molar-refractivity contribution in [3.8, 4) is 16.9 Å². The lowest BCUT2D eigenvalue weighted by Crippen LogP contribution is -2.16. The quantitative estimate of drug-likeness (QED) is 0.458. The van der Waals surface area contributed by atoms with Gasteiger partial charge in [-0.1, -0.05) is 34.9 Å². The first-order chi connectivity index (χ1) is 10.2. The zero-order chi connectivity index (χ0) is 14.8. The summed E-state index contributed by atoms with van der Waals surface area (Å²) in [5.41, 5.74) is 10.5. The number of benzene rings is 2. The lowest BCUT2D eigenvalue weighted by molar-refractivity contribution is 0.242. The Hall–Kier alpha value is -2.23. The minimum atomic E-state index is -0.336. The Kier molecular flexibility index (Phi) is 3.69. The first-order valence-electron chi connectivity index (χ1n) is 6.44. The second kappa shape index (κ2) is 5.64. The fourth-order valence-corrected chi connectivity index (χ4v) is 2.74. The second-order valence-electron chi connectivity index (χ2n) is 4.78. The SMILES string of the molecule is [N-]=[N+]=NCC1Cc2cc(F)cc(-c3ccccc3Cl)c2O1. The van der Waals surface area contributed by atoms with E-state index in [9.17, 15) is 4.39 Å². The Morgan fingerprint density at radius 2 is 2.14 bits per heavy atom. The van der Waals surface area contributed by atoms with Crippen molar-refractivity contribution >= 4 is 11.6 Å². The summed E-state index contributed by atoms with van der Waals surface area (Å²) in [6.45, 7) is 0.217. The van der Waals surface area contributed by atoms with Crippen LogP contribution >= 0.6 is 11.6 Å². The highest BCUT2D eigenvalue weighted by atomic mass is 35.5. The van der Waals surface area contributed by atoms with Crippen LogP contribution in [0.4, 0.5) is 4.39 Å². The van der Waals surface area contributed by atoms with Gasteiger partial charge in [-0.15, -0.1) is 0 Å². The van der Waals surface area contributed by atoms with Gasteiger partial charge in [-0.3, -0.25) is 0 Å². The van der Waals surface area contributed by atoms with Crippen LogP contribution in [0.15, 0.2) is 41.5 Å². The van der Waals surface area contributed by atoms with Crippen molar-refractivity contribution in [1.82, 2.24) is 0 Å². The summed E-state index contributed by atoms with van der Waals surface area (Å²) in [6, 6.07) is 10.1. The summed E-state index contributed by atoms with van der Waals surface area (Å²) < 4.78 is 19.7. The summed E-state index contributed by atoms with van der Waals surface area (Å²) in [5.74, 6) is 0.277. The Bertz CT molecular complexity index is 744. The van der Waals surface area contributed by atoms with E-state index in [1.54, 1.807) is 6.07 Å². The molecule has 0 radical (unpaired) electrons. The van der Waals surface area contributed by atoms with Crippen molar-refractivity contribution < 1.29 is 9.13 Å². The molecule has 1 atom stereocenters. The minimum Gasteiger partial charge on any atom is -0.489 e. The third kappa shape index (κ3) is 2.66. The van der Waals surface area contributed by atoms with Crippen LogP contribution in [-0.4, -0.2) is 12.6 Å². The van der Waals surface area contributed by atoms with E-state index in [1.807, 2.05) is 18.2 Å². The topological polar surface area (TPSA) is 58.0 Å². The van der Waals surface area contributed by atoms with Gasteiger partial charge in [0.15, 0.2) is 0 Å². The van der Waals surface area contributed by atoms with E-state index in [-0.39, 0.29) is 18.5 Å². The van der Waals surface area contributed by atoms with E-state index in [2.05, 4.69) is 10.0 Å². The van der Waals surface area contributed by atoms with Crippen LogP contribution < -0.4 is 4.74 Å². The molecule has 0 aromatic heterocycles. The number of nitrogens with zero attached hydrogens (tertiary/aromatic N) is 3. The van der Waals surface area contributed by atoms with Gasteiger partial charge in [0.05, 0.1) is 6.54 Å². The van der Waals surface area contributed by atoms with Crippen molar-refractivity contribution in [3.05, 3.63) is 63.2 Å². The molecule has 1 unspecified atom stereocenters. The summed E-state index contributed by atoms with van der Waals surface area (Å²) in [7, 11) is 0. The molecule has 0 N–H and O–H groups in total. The average Bonchev–Trinajstić information content (AvgIpc) is 2.87. The van der Waals surface area contributed by atoms with E-state index in [1.165, 1.54) is 12.1 Å². The molecule has 2 aromatic carbocycles. The Balaban J connectivity index is 2.05.